The Morgan fingerprint density at radius 3 is 2.40 bits per heavy atom. The molecule has 0 aromatic carbocycles. The quantitative estimate of drug-likeness (QED) is 0.704. The molecule has 7 nitrogen and oxygen atoms in total. The van der Waals surface area contributed by atoms with Crippen molar-refractivity contribution in [1.82, 2.24) is 9.03 Å². The first-order valence-corrected chi connectivity index (χ1v) is 8.19. The van der Waals surface area contributed by atoms with Crippen LogP contribution in [0.1, 0.15) is 26.7 Å². The predicted octanol–water partition coefficient (Wildman–Crippen LogP) is 0.288. The zero-order chi connectivity index (χ0) is 15.3. The zero-order valence-corrected chi connectivity index (χ0v) is 13.0. The molecule has 1 saturated heterocycles. The van der Waals surface area contributed by atoms with E-state index in [-0.39, 0.29) is 24.9 Å². The third-order valence-corrected chi connectivity index (χ3v) is 4.94. The number of hydrogen-bond acceptors (Lipinski definition) is 4. The maximum Gasteiger partial charge on any atom is 0.321 e. The van der Waals surface area contributed by atoms with Crippen molar-refractivity contribution in [3.63, 3.8) is 0 Å². The lowest BCUT2D eigenvalue weighted by molar-refractivity contribution is -0.139. The molecule has 0 aromatic heterocycles. The molecule has 3 atom stereocenters. The number of carboxylic acids is 1. The molecule has 0 aliphatic carbocycles. The van der Waals surface area contributed by atoms with Crippen LogP contribution in [0.4, 0.5) is 0 Å². The molecule has 0 amide bonds. The summed E-state index contributed by atoms with van der Waals surface area (Å²) in [6.07, 6.45) is 1.09. The highest BCUT2D eigenvalue weighted by molar-refractivity contribution is 7.87. The largest absolute Gasteiger partial charge is 0.480 e. The van der Waals surface area contributed by atoms with Gasteiger partial charge in [-0.1, -0.05) is 13.8 Å². The Labute approximate surface area is 120 Å². The first-order chi connectivity index (χ1) is 9.26. The molecule has 0 aromatic rings. The van der Waals surface area contributed by atoms with Crippen LogP contribution in [-0.4, -0.2) is 56.6 Å². The minimum atomic E-state index is -3.78. The number of piperidine rings is 1. The van der Waals surface area contributed by atoms with Crippen LogP contribution in [0.3, 0.4) is 0 Å². The van der Waals surface area contributed by atoms with Crippen LogP contribution in [0.25, 0.3) is 0 Å². The highest BCUT2D eigenvalue weighted by atomic mass is 32.2. The number of carboxylic acid groups (broad SMARTS) is 1. The molecule has 0 saturated carbocycles. The summed E-state index contributed by atoms with van der Waals surface area (Å²) in [5.41, 5.74) is 0. The van der Waals surface area contributed by atoms with Crippen LogP contribution in [-0.2, 0) is 19.7 Å². The molecular weight excluding hydrogens is 284 g/mol. The fraction of sp³-hybridized carbons (Fsp3) is 0.917. The fourth-order valence-corrected chi connectivity index (χ4v) is 4.15. The number of ether oxygens (including phenoxy) is 1. The van der Waals surface area contributed by atoms with E-state index in [4.69, 9.17) is 9.84 Å². The summed E-state index contributed by atoms with van der Waals surface area (Å²) < 4.78 is 32.9. The summed E-state index contributed by atoms with van der Waals surface area (Å²) in [5, 5.41) is 9.06. The van der Waals surface area contributed by atoms with Crippen molar-refractivity contribution in [2.75, 3.05) is 26.8 Å². The van der Waals surface area contributed by atoms with Crippen molar-refractivity contribution in [3.8, 4) is 0 Å². The van der Waals surface area contributed by atoms with Crippen molar-refractivity contribution in [3.05, 3.63) is 0 Å². The zero-order valence-electron chi connectivity index (χ0n) is 12.2. The molecular formula is C12H24N2O5S. The second-order valence-electron chi connectivity index (χ2n) is 5.56. The Morgan fingerprint density at radius 1 is 1.40 bits per heavy atom. The number of hydrogen-bond donors (Lipinski definition) is 2. The van der Waals surface area contributed by atoms with Gasteiger partial charge in [-0.15, -0.1) is 0 Å². The second-order valence-corrected chi connectivity index (χ2v) is 7.26. The average molecular weight is 308 g/mol. The third-order valence-electron chi connectivity index (χ3n) is 3.38. The van der Waals surface area contributed by atoms with Gasteiger partial charge in [-0.3, -0.25) is 4.79 Å². The maximum atomic E-state index is 12.3. The van der Waals surface area contributed by atoms with Crippen LogP contribution in [0.5, 0.6) is 0 Å². The molecule has 0 bridgehead atoms. The highest BCUT2D eigenvalue weighted by Crippen LogP contribution is 2.22. The first kappa shape index (κ1) is 17.4. The first-order valence-electron chi connectivity index (χ1n) is 6.75. The van der Waals surface area contributed by atoms with Gasteiger partial charge in [-0.25, -0.2) is 0 Å². The molecule has 0 spiro atoms. The molecule has 0 radical (unpaired) electrons. The Kier molecular flexibility index (Phi) is 6.38. The van der Waals surface area contributed by atoms with E-state index in [0.29, 0.717) is 13.1 Å². The van der Waals surface area contributed by atoms with E-state index >= 15 is 0 Å². The molecule has 20 heavy (non-hydrogen) atoms. The van der Waals surface area contributed by atoms with E-state index < -0.39 is 22.2 Å². The minimum Gasteiger partial charge on any atom is -0.480 e. The summed E-state index contributed by atoms with van der Waals surface area (Å²) in [6.45, 7) is 5.04. The van der Waals surface area contributed by atoms with Crippen molar-refractivity contribution in [2.24, 2.45) is 11.8 Å². The molecule has 8 heteroatoms. The van der Waals surface area contributed by atoms with Gasteiger partial charge in [0, 0.05) is 26.8 Å². The summed E-state index contributed by atoms with van der Waals surface area (Å²) in [5.74, 6) is -0.640. The van der Waals surface area contributed by atoms with Gasteiger partial charge in [0.2, 0.25) is 0 Å². The van der Waals surface area contributed by atoms with Crippen molar-refractivity contribution < 1.29 is 23.1 Å². The summed E-state index contributed by atoms with van der Waals surface area (Å²) in [4.78, 5) is 11.1. The standard InChI is InChI=1S/C12H24N2O5S/c1-9-6-10(2)8-14(7-9)20(17,18)13-11(12(15)16)4-5-19-3/h9-11,13H,4-8H2,1-3H3,(H,15,16). The van der Waals surface area contributed by atoms with Gasteiger partial charge in [0.05, 0.1) is 0 Å². The number of methoxy groups -OCH3 is 1. The summed E-state index contributed by atoms with van der Waals surface area (Å²) >= 11 is 0. The molecule has 1 fully saturated rings. The molecule has 118 valence electrons. The van der Waals surface area contributed by atoms with E-state index in [1.807, 2.05) is 13.8 Å². The molecule has 1 rings (SSSR count). The van der Waals surface area contributed by atoms with Crippen molar-refractivity contribution in [2.45, 2.75) is 32.7 Å². The Balaban J connectivity index is 2.73. The number of carbonyl (C=O) groups is 1. The van der Waals surface area contributed by atoms with Gasteiger partial charge in [-0.2, -0.15) is 17.4 Å². The van der Waals surface area contributed by atoms with Crippen LogP contribution >= 0.6 is 0 Å². The summed E-state index contributed by atoms with van der Waals surface area (Å²) in [6, 6.07) is -1.16. The van der Waals surface area contributed by atoms with Crippen LogP contribution in [0.15, 0.2) is 0 Å². The Hall–Kier alpha value is -0.700. The lowest BCUT2D eigenvalue weighted by Crippen LogP contribution is -2.52. The fourth-order valence-electron chi connectivity index (χ4n) is 2.52. The van der Waals surface area contributed by atoms with Crippen molar-refractivity contribution in [1.29, 1.82) is 0 Å². The van der Waals surface area contributed by atoms with Gasteiger partial charge in [0.1, 0.15) is 6.04 Å². The second kappa shape index (κ2) is 7.35. The summed E-state index contributed by atoms with van der Waals surface area (Å²) in [7, 11) is -2.33. The van der Waals surface area contributed by atoms with Gasteiger partial charge >= 0.3 is 5.97 Å². The third kappa shape index (κ3) is 5.01. The van der Waals surface area contributed by atoms with E-state index in [1.165, 1.54) is 11.4 Å². The number of aliphatic carboxylic acids is 1. The number of nitrogens with one attached hydrogen (secondary N) is 1. The Morgan fingerprint density at radius 2 is 1.95 bits per heavy atom. The molecule has 1 aliphatic rings. The van der Waals surface area contributed by atoms with E-state index in [1.54, 1.807) is 0 Å². The predicted molar refractivity (Wildman–Crippen MR) is 74.5 cm³/mol. The van der Waals surface area contributed by atoms with Crippen LogP contribution < -0.4 is 4.72 Å². The van der Waals surface area contributed by atoms with Crippen LogP contribution in [0.2, 0.25) is 0 Å². The van der Waals surface area contributed by atoms with Gasteiger partial charge in [0.15, 0.2) is 0 Å². The number of nitrogens with zero attached hydrogens (tertiary/aromatic N) is 1. The minimum absolute atomic E-state index is 0.101. The molecule has 3 unspecified atom stereocenters. The number of rotatable bonds is 7. The lowest BCUT2D eigenvalue weighted by atomic mass is 9.94. The SMILES string of the molecule is COCCC(NS(=O)(=O)N1CC(C)CC(C)C1)C(=O)O. The average Bonchev–Trinajstić information content (AvgIpc) is 2.32. The monoisotopic (exact) mass is 308 g/mol. The van der Waals surface area contributed by atoms with Gasteiger partial charge in [0.25, 0.3) is 10.2 Å². The van der Waals surface area contributed by atoms with E-state index in [0.717, 1.165) is 6.42 Å². The lowest BCUT2D eigenvalue weighted by Gasteiger charge is -2.34. The molecule has 1 heterocycles. The van der Waals surface area contributed by atoms with Gasteiger partial charge < -0.3 is 9.84 Å². The maximum absolute atomic E-state index is 12.3. The Bertz CT molecular complexity index is 416. The van der Waals surface area contributed by atoms with E-state index in [9.17, 15) is 13.2 Å². The topological polar surface area (TPSA) is 95.9 Å². The smallest absolute Gasteiger partial charge is 0.321 e. The van der Waals surface area contributed by atoms with Crippen LogP contribution in [0, 0.1) is 11.8 Å². The highest BCUT2D eigenvalue weighted by Gasteiger charge is 2.33. The van der Waals surface area contributed by atoms with Gasteiger partial charge in [-0.05, 0) is 24.7 Å². The van der Waals surface area contributed by atoms with Crippen molar-refractivity contribution >= 4 is 16.2 Å². The molecule has 2 N–H and O–H groups in total. The normalized spacial score (nSPS) is 26.4. The van der Waals surface area contributed by atoms with E-state index in [2.05, 4.69) is 4.72 Å². The molecule has 1 aliphatic heterocycles.